The molecule has 0 aromatic heterocycles. The Bertz CT molecular complexity index is 274. The van der Waals surface area contributed by atoms with E-state index in [1.54, 1.807) is 0 Å². The summed E-state index contributed by atoms with van der Waals surface area (Å²) in [5.74, 6) is 0.593. The minimum absolute atomic E-state index is 0.178. The number of aliphatic hydroxyl groups excluding tert-OH is 1. The van der Waals surface area contributed by atoms with Crippen LogP contribution < -0.4 is 5.32 Å². The van der Waals surface area contributed by atoms with Crippen LogP contribution in [-0.2, 0) is 0 Å². The van der Waals surface area contributed by atoms with Crippen LogP contribution in [0.5, 0.6) is 0 Å². The van der Waals surface area contributed by atoms with Crippen molar-refractivity contribution in [1.82, 2.24) is 5.32 Å². The van der Waals surface area contributed by atoms with Crippen molar-refractivity contribution >= 4 is 0 Å². The Balaban J connectivity index is 1.93. The van der Waals surface area contributed by atoms with Crippen LogP contribution in [0, 0.1) is 23.2 Å². The van der Waals surface area contributed by atoms with Crippen LogP contribution in [0.2, 0.25) is 0 Å². The van der Waals surface area contributed by atoms with Gasteiger partial charge in [0.2, 0.25) is 0 Å². The van der Waals surface area contributed by atoms with Gasteiger partial charge in [-0.25, -0.2) is 0 Å². The number of hydrogen-bond donors (Lipinski definition) is 2. The Hall–Kier alpha value is -0.590. The summed E-state index contributed by atoms with van der Waals surface area (Å²) >= 11 is 0. The Kier molecular flexibility index (Phi) is 4.82. The summed E-state index contributed by atoms with van der Waals surface area (Å²) < 4.78 is 0. The molecule has 3 heteroatoms. The highest BCUT2D eigenvalue weighted by molar-refractivity contribution is 4.96. The summed E-state index contributed by atoms with van der Waals surface area (Å²) in [6.45, 7) is 0.293. The monoisotopic (exact) mass is 236 g/mol. The first-order chi connectivity index (χ1) is 8.35. The summed E-state index contributed by atoms with van der Waals surface area (Å²) in [4.78, 5) is 0. The van der Waals surface area contributed by atoms with Crippen molar-refractivity contribution in [3.8, 4) is 6.07 Å². The van der Waals surface area contributed by atoms with Gasteiger partial charge in [-0.15, -0.1) is 0 Å². The summed E-state index contributed by atoms with van der Waals surface area (Å²) in [6.07, 6.45) is 9.41. The van der Waals surface area contributed by atoms with E-state index >= 15 is 0 Å². The van der Waals surface area contributed by atoms with Crippen LogP contribution in [0.3, 0.4) is 0 Å². The molecule has 2 aliphatic carbocycles. The van der Waals surface area contributed by atoms with Gasteiger partial charge in [0.1, 0.15) is 0 Å². The number of hydrogen-bond acceptors (Lipinski definition) is 3. The molecule has 0 aromatic carbocycles. The normalized spacial score (nSPS) is 38.6. The lowest BCUT2D eigenvalue weighted by atomic mass is 9.94. The van der Waals surface area contributed by atoms with Crippen molar-refractivity contribution in [3.05, 3.63) is 0 Å². The molecule has 96 valence electrons. The lowest BCUT2D eigenvalue weighted by Crippen LogP contribution is -2.44. The van der Waals surface area contributed by atoms with E-state index in [1.165, 1.54) is 32.1 Å². The maximum Gasteiger partial charge on any atom is 0.0672 e. The second kappa shape index (κ2) is 6.37. The predicted octanol–water partition coefficient (Wildman–Crippen LogP) is 2.21. The minimum atomic E-state index is 0.178. The molecule has 2 fully saturated rings. The first kappa shape index (κ1) is 12.9. The van der Waals surface area contributed by atoms with Crippen molar-refractivity contribution in [1.29, 1.82) is 5.26 Å². The molecule has 2 aliphatic rings. The Morgan fingerprint density at radius 1 is 1.00 bits per heavy atom. The molecular formula is C14H24N2O. The third kappa shape index (κ3) is 3.20. The molecule has 3 nitrogen and oxygen atoms in total. The molecule has 0 saturated heterocycles. The van der Waals surface area contributed by atoms with Crippen molar-refractivity contribution in [2.45, 2.75) is 63.5 Å². The van der Waals surface area contributed by atoms with Crippen LogP contribution in [0.1, 0.15) is 51.4 Å². The van der Waals surface area contributed by atoms with E-state index in [2.05, 4.69) is 11.4 Å². The number of nitrogens with one attached hydrogen (secondary N) is 1. The van der Waals surface area contributed by atoms with E-state index in [0.717, 1.165) is 19.3 Å². The third-order valence-corrected chi connectivity index (χ3v) is 4.50. The highest BCUT2D eigenvalue weighted by Crippen LogP contribution is 2.29. The van der Waals surface area contributed by atoms with Crippen LogP contribution in [0.4, 0.5) is 0 Å². The van der Waals surface area contributed by atoms with Crippen molar-refractivity contribution in [2.24, 2.45) is 11.8 Å². The van der Waals surface area contributed by atoms with Gasteiger partial charge in [-0.1, -0.05) is 25.7 Å². The fourth-order valence-electron chi connectivity index (χ4n) is 3.41. The van der Waals surface area contributed by atoms with Crippen molar-refractivity contribution < 1.29 is 5.11 Å². The van der Waals surface area contributed by atoms with E-state index < -0.39 is 0 Å². The maximum atomic E-state index is 9.34. The fourth-order valence-corrected chi connectivity index (χ4v) is 3.41. The second-order valence-corrected chi connectivity index (χ2v) is 5.63. The van der Waals surface area contributed by atoms with E-state index in [-0.39, 0.29) is 5.92 Å². The molecule has 0 spiro atoms. The number of rotatable bonds is 3. The molecule has 4 atom stereocenters. The topological polar surface area (TPSA) is 56.0 Å². The molecule has 0 amide bonds. The molecular weight excluding hydrogens is 212 g/mol. The van der Waals surface area contributed by atoms with Gasteiger partial charge < -0.3 is 10.4 Å². The summed E-state index contributed by atoms with van der Waals surface area (Å²) in [7, 11) is 0. The van der Waals surface area contributed by atoms with Gasteiger partial charge in [-0.05, 0) is 31.6 Å². The highest BCUT2D eigenvalue weighted by atomic mass is 16.3. The first-order valence-corrected chi connectivity index (χ1v) is 7.11. The molecule has 2 saturated carbocycles. The molecule has 2 rings (SSSR count). The van der Waals surface area contributed by atoms with Crippen LogP contribution in [-0.4, -0.2) is 23.8 Å². The van der Waals surface area contributed by atoms with Gasteiger partial charge >= 0.3 is 0 Å². The number of nitriles is 1. The van der Waals surface area contributed by atoms with Gasteiger partial charge in [0, 0.05) is 18.7 Å². The van der Waals surface area contributed by atoms with E-state index in [0.29, 0.717) is 24.6 Å². The fraction of sp³-hybridized carbons (Fsp3) is 0.929. The van der Waals surface area contributed by atoms with Gasteiger partial charge in [0.25, 0.3) is 0 Å². The lowest BCUT2D eigenvalue weighted by molar-refractivity contribution is 0.193. The summed E-state index contributed by atoms with van der Waals surface area (Å²) in [6, 6.07) is 3.28. The third-order valence-electron chi connectivity index (χ3n) is 4.50. The van der Waals surface area contributed by atoms with E-state index in [9.17, 15) is 10.4 Å². The zero-order valence-electron chi connectivity index (χ0n) is 10.6. The van der Waals surface area contributed by atoms with Gasteiger partial charge in [0.05, 0.1) is 12.0 Å². The lowest BCUT2D eigenvalue weighted by Gasteiger charge is -2.28. The van der Waals surface area contributed by atoms with Crippen LogP contribution in [0.25, 0.3) is 0 Å². The maximum absolute atomic E-state index is 9.34. The van der Waals surface area contributed by atoms with Gasteiger partial charge in [-0.3, -0.25) is 0 Å². The van der Waals surface area contributed by atoms with Gasteiger partial charge in [0.15, 0.2) is 0 Å². The molecule has 0 aromatic rings. The second-order valence-electron chi connectivity index (χ2n) is 5.63. The van der Waals surface area contributed by atoms with Crippen molar-refractivity contribution in [3.63, 3.8) is 0 Å². The zero-order valence-corrected chi connectivity index (χ0v) is 10.6. The molecule has 2 N–H and O–H groups in total. The summed E-state index contributed by atoms with van der Waals surface area (Å²) in [5.41, 5.74) is 0. The molecule has 0 heterocycles. The van der Waals surface area contributed by atoms with E-state index in [1.807, 2.05) is 0 Å². The molecule has 0 radical (unpaired) electrons. The van der Waals surface area contributed by atoms with Crippen molar-refractivity contribution in [2.75, 3.05) is 6.61 Å². The highest BCUT2D eigenvalue weighted by Gasteiger charge is 2.31. The minimum Gasteiger partial charge on any atom is -0.396 e. The number of aliphatic hydroxyl groups is 1. The molecule has 0 bridgehead atoms. The molecule has 0 aliphatic heterocycles. The SMILES string of the molecule is N#CC1CCCCCC1NC1CCCC1CO. The van der Waals surface area contributed by atoms with Gasteiger partial charge in [-0.2, -0.15) is 5.26 Å². The largest absolute Gasteiger partial charge is 0.396 e. The average molecular weight is 236 g/mol. The molecule has 4 unspecified atom stereocenters. The average Bonchev–Trinajstić information content (AvgIpc) is 2.67. The number of nitrogens with zero attached hydrogens (tertiary/aromatic N) is 1. The predicted molar refractivity (Wildman–Crippen MR) is 67.3 cm³/mol. The smallest absolute Gasteiger partial charge is 0.0672 e. The quantitative estimate of drug-likeness (QED) is 0.739. The Morgan fingerprint density at radius 2 is 1.76 bits per heavy atom. The van der Waals surface area contributed by atoms with Crippen LogP contribution in [0.15, 0.2) is 0 Å². The Morgan fingerprint density at radius 3 is 2.53 bits per heavy atom. The van der Waals surface area contributed by atoms with E-state index in [4.69, 9.17) is 0 Å². The summed E-state index contributed by atoms with van der Waals surface area (Å²) in [5, 5.41) is 22.3. The molecule has 17 heavy (non-hydrogen) atoms. The van der Waals surface area contributed by atoms with Crippen LogP contribution >= 0.6 is 0 Å². The standard InChI is InChI=1S/C14H24N2O/c15-9-11-5-2-1-3-7-13(11)16-14-8-4-6-12(14)10-17/h11-14,16-17H,1-8,10H2. The zero-order chi connectivity index (χ0) is 12.1. The first-order valence-electron chi connectivity index (χ1n) is 7.11. The Labute approximate surface area is 104 Å².